The van der Waals surface area contributed by atoms with Crippen LogP contribution in [0.1, 0.15) is 32.6 Å². The van der Waals surface area contributed by atoms with Crippen LogP contribution in [-0.2, 0) is 0 Å². The van der Waals surface area contributed by atoms with Crippen molar-refractivity contribution < 1.29 is 0 Å². The number of nitrogens with zero attached hydrogens (tertiary/aromatic N) is 3. The highest BCUT2D eigenvalue weighted by Gasteiger charge is 2.28. The second-order valence-electron chi connectivity index (χ2n) is 5.03. The Kier molecular flexibility index (Phi) is 2.99. The summed E-state index contributed by atoms with van der Waals surface area (Å²) in [7, 11) is 3.91. The van der Waals surface area contributed by atoms with Gasteiger partial charge in [0, 0.05) is 25.8 Å². The van der Waals surface area contributed by atoms with Crippen LogP contribution in [0.2, 0.25) is 0 Å². The summed E-state index contributed by atoms with van der Waals surface area (Å²) < 4.78 is 0. The smallest absolute Gasteiger partial charge is 0.226 e. The van der Waals surface area contributed by atoms with E-state index >= 15 is 0 Å². The lowest BCUT2D eigenvalue weighted by atomic mass is 10.0. The second kappa shape index (κ2) is 4.28. The molecule has 1 fully saturated rings. The van der Waals surface area contributed by atoms with E-state index in [1.54, 1.807) is 0 Å². The summed E-state index contributed by atoms with van der Waals surface area (Å²) in [5, 5.41) is 3.53. The highest BCUT2D eigenvalue weighted by molar-refractivity contribution is 5.42. The molecular weight excluding hydrogens is 200 g/mol. The van der Waals surface area contributed by atoms with Gasteiger partial charge in [-0.05, 0) is 25.8 Å². The molecule has 0 saturated heterocycles. The van der Waals surface area contributed by atoms with Gasteiger partial charge in [-0.15, -0.1) is 0 Å². The quantitative estimate of drug-likeness (QED) is 0.848. The molecule has 0 spiro atoms. The molecule has 2 rings (SSSR count). The first kappa shape index (κ1) is 11.2. The van der Waals surface area contributed by atoms with Gasteiger partial charge in [0.2, 0.25) is 5.95 Å². The Labute approximate surface area is 97.1 Å². The average molecular weight is 220 g/mol. The topological polar surface area (TPSA) is 41.1 Å². The molecule has 0 bridgehead atoms. The summed E-state index contributed by atoms with van der Waals surface area (Å²) in [6.45, 7) is 2.28. The van der Waals surface area contributed by atoms with E-state index in [0.717, 1.165) is 11.8 Å². The highest BCUT2D eigenvalue weighted by Crippen LogP contribution is 2.32. The number of anilines is 2. The predicted molar refractivity (Wildman–Crippen MR) is 66.9 cm³/mol. The van der Waals surface area contributed by atoms with E-state index in [1.807, 2.05) is 31.3 Å². The van der Waals surface area contributed by atoms with E-state index in [9.17, 15) is 0 Å². The molecule has 1 heterocycles. The zero-order valence-electron chi connectivity index (χ0n) is 10.3. The first-order valence-electron chi connectivity index (χ1n) is 5.88. The van der Waals surface area contributed by atoms with Crippen LogP contribution in [0, 0.1) is 0 Å². The maximum Gasteiger partial charge on any atom is 0.226 e. The van der Waals surface area contributed by atoms with Crippen molar-refractivity contribution in [3.63, 3.8) is 0 Å². The number of hydrogen-bond acceptors (Lipinski definition) is 4. The highest BCUT2D eigenvalue weighted by atomic mass is 15.2. The average Bonchev–Trinajstić information content (AvgIpc) is 2.65. The fourth-order valence-corrected chi connectivity index (χ4v) is 2.22. The van der Waals surface area contributed by atoms with Crippen LogP contribution < -0.4 is 10.2 Å². The largest absolute Gasteiger partial charge is 0.365 e. The van der Waals surface area contributed by atoms with Gasteiger partial charge in [-0.3, -0.25) is 0 Å². The van der Waals surface area contributed by atoms with Crippen LogP contribution in [0.15, 0.2) is 12.3 Å². The molecule has 1 N–H and O–H groups in total. The molecule has 1 aliphatic carbocycles. The molecule has 1 aromatic rings. The fraction of sp³-hybridized carbons (Fsp3) is 0.667. The number of rotatable bonds is 3. The van der Waals surface area contributed by atoms with E-state index in [-0.39, 0.29) is 5.54 Å². The standard InChI is InChI=1S/C12H20N4/c1-12(7-4-5-8-12)15-10-6-9-13-11(14-10)16(2)3/h6,9H,4-5,7-8H2,1-3H3,(H,13,14,15). The SMILES string of the molecule is CN(C)c1nccc(NC2(C)CCCC2)n1. The van der Waals surface area contributed by atoms with Crippen LogP contribution in [0.3, 0.4) is 0 Å². The third-order valence-electron chi connectivity index (χ3n) is 3.18. The van der Waals surface area contributed by atoms with E-state index in [1.165, 1.54) is 25.7 Å². The maximum absolute atomic E-state index is 4.48. The van der Waals surface area contributed by atoms with Crippen molar-refractivity contribution in [1.29, 1.82) is 0 Å². The Balaban J connectivity index is 2.12. The summed E-state index contributed by atoms with van der Waals surface area (Å²) in [6.07, 6.45) is 6.90. The molecule has 4 nitrogen and oxygen atoms in total. The first-order chi connectivity index (χ1) is 7.59. The van der Waals surface area contributed by atoms with Gasteiger partial charge in [0.15, 0.2) is 0 Å². The van der Waals surface area contributed by atoms with Crippen LogP contribution in [0.25, 0.3) is 0 Å². The molecule has 0 radical (unpaired) electrons. The molecular formula is C12H20N4. The van der Waals surface area contributed by atoms with E-state index in [4.69, 9.17) is 0 Å². The Hall–Kier alpha value is -1.32. The van der Waals surface area contributed by atoms with Gasteiger partial charge in [0.1, 0.15) is 5.82 Å². The van der Waals surface area contributed by atoms with Gasteiger partial charge < -0.3 is 10.2 Å². The van der Waals surface area contributed by atoms with Gasteiger partial charge >= 0.3 is 0 Å². The lowest BCUT2D eigenvalue weighted by Crippen LogP contribution is -2.31. The van der Waals surface area contributed by atoms with Gasteiger partial charge in [-0.25, -0.2) is 4.98 Å². The van der Waals surface area contributed by atoms with Crippen LogP contribution >= 0.6 is 0 Å². The monoisotopic (exact) mass is 220 g/mol. The van der Waals surface area contributed by atoms with Crippen LogP contribution in [0.4, 0.5) is 11.8 Å². The number of hydrogen-bond donors (Lipinski definition) is 1. The summed E-state index contributed by atoms with van der Waals surface area (Å²) in [5.41, 5.74) is 0.220. The number of aromatic nitrogens is 2. The lowest BCUT2D eigenvalue weighted by molar-refractivity contribution is 0.531. The summed E-state index contributed by atoms with van der Waals surface area (Å²) in [5.74, 6) is 1.69. The minimum Gasteiger partial charge on any atom is -0.365 e. The predicted octanol–water partition coefficient (Wildman–Crippen LogP) is 2.29. The third kappa shape index (κ3) is 2.43. The van der Waals surface area contributed by atoms with E-state index in [2.05, 4.69) is 22.2 Å². The summed E-state index contributed by atoms with van der Waals surface area (Å²) >= 11 is 0. The van der Waals surface area contributed by atoms with Crippen molar-refractivity contribution in [2.75, 3.05) is 24.3 Å². The van der Waals surface area contributed by atoms with Gasteiger partial charge in [-0.2, -0.15) is 4.98 Å². The Morgan fingerprint density at radius 2 is 2.00 bits per heavy atom. The van der Waals surface area contributed by atoms with Gasteiger partial charge in [-0.1, -0.05) is 12.8 Å². The number of nitrogens with one attached hydrogen (secondary N) is 1. The van der Waals surface area contributed by atoms with E-state index < -0.39 is 0 Å². The first-order valence-corrected chi connectivity index (χ1v) is 5.88. The molecule has 88 valence electrons. The molecule has 0 aromatic carbocycles. The van der Waals surface area contributed by atoms with Crippen molar-refractivity contribution in [3.05, 3.63) is 12.3 Å². The zero-order valence-corrected chi connectivity index (χ0v) is 10.3. The Morgan fingerprint density at radius 1 is 1.31 bits per heavy atom. The molecule has 1 aromatic heterocycles. The van der Waals surface area contributed by atoms with Crippen molar-refractivity contribution in [1.82, 2.24) is 9.97 Å². The zero-order chi connectivity index (χ0) is 11.6. The van der Waals surface area contributed by atoms with Gasteiger partial charge in [0.25, 0.3) is 0 Å². The lowest BCUT2D eigenvalue weighted by Gasteiger charge is -2.26. The molecule has 1 aliphatic rings. The molecule has 0 amide bonds. The molecule has 1 saturated carbocycles. The third-order valence-corrected chi connectivity index (χ3v) is 3.18. The fourth-order valence-electron chi connectivity index (χ4n) is 2.22. The molecule has 0 aliphatic heterocycles. The minimum atomic E-state index is 0.220. The van der Waals surface area contributed by atoms with E-state index in [0.29, 0.717) is 0 Å². The Bertz CT molecular complexity index is 356. The van der Waals surface area contributed by atoms with Crippen molar-refractivity contribution in [2.24, 2.45) is 0 Å². The maximum atomic E-state index is 4.48. The molecule has 0 atom stereocenters. The van der Waals surface area contributed by atoms with Crippen LogP contribution in [0.5, 0.6) is 0 Å². The summed E-state index contributed by atoms with van der Waals surface area (Å²) in [4.78, 5) is 10.6. The minimum absolute atomic E-state index is 0.220. The van der Waals surface area contributed by atoms with Crippen molar-refractivity contribution in [2.45, 2.75) is 38.1 Å². The van der Waals surface area contributed by atoms with Crippen molar-refractivity contribution >= 4 is 11.8 Å². The molecule has 4 heteroatoms. The molecule has 0 unspecified atom stereocenters. The van der Waals surface area contributed by atoms with Crippen molar-refractivity contribution in [3.8, 4) is 0 Å². The molecule has 16 heavy (non-hydrogen) atoms. The Morgan fingerprint density at radius 3 is 2.62 bits per heavy atom. The summed E-state index contributed by atoms with van der Waals surface area (Å²) in [6, 6.07) is 1.94. The normalized spacial score (nSPS) is 18.4. The second-order valence-corrected chi connectivity index (χ2v) is 5.03. The van der Waals surface area contributed by atoms with Gasteiger partial charge in [0.05, 0.1) is 0 Å². The van der Waals surface area contributed by atoms with Crippen LogP contribution in [-0.4, -0.2) is 29.6 Å².